The number of carbonyl (C=O) groups is 1. The first kappa shape index (κ1) is 8.79. The van der Waals surface area contributed by atoms with Crippen molar-refractivity contribution < 1.29 is 4.79 Å². The van der Waals surface area contributed by atoms with Gasteiger partial charge in [0.15, 0.2) is 0 Å². The highest BCUT2D eigenvalue weighted by molar-refractivity contribution is 6.64. The fourth-order valence-electron chi connectivity index (χ4n) is 1.68. The van der Waals surface area contributed by atoms with Crippen molar-refractivity contribution in [2.24, 2.45) is 17.3 Å². The molecule has 11 heavy (non-hydrogen) atoms. The molecule has 0 saturated heterocycles. The van der Waals surface area contributed by atoms with Crippen LogP contribution < -0.4 is 0 Å². The Morgan fingerprint density at radius 1 is 1.55 bits per heavy atom. The maximum atomic E-state index is 10.8. The zero-order valence-corrected chi connectivity index (χ0v) is 7.85. The van der Waals surface area contributed by atoms with Crippen molar-refractivity contribution in [3.8, 4) is 0 Å². The Balaban J connectivity index is 2.68. The van der Waals surface area contributed by atoms with Gasteiger partial charge in [-0.25, -0.2) is 0 Å². The largest absolute Gasteiger partial charge is 0.281 e. The van der Waals surface area contributed by atoms with Crippen LogP contribution in [0.4, 0.5) is 0 Å². The highest BCUT2D eigenvalue weighted by Crippen LogP contribution is 2.59. The third-order valence-corrected chi connectivity index (χ3v) is 2.79. The van der Waals surface area contributed by atoms with Crippen LogP contribution in [0.5, 0.6) is 0 Å². The maximum absolute atomic E-state index is 10.8. The monoisotopic (exact) mass is 172 g/mol. The van der Waals surface area contributed by atoms with Crippen LogP contribution in [0.25, 0.3) is 0 Å². The zero-order chi connectivity index (χ0) is 8.65. The summed E-state index contributed by atoms with van der Waals surface area (Å²) >= 11 is 5.42. The molecule has 0 aromatic heterocycles. The number of hydrogen-bond acceptors (Lipinski definition) is 1. The highest BCUT2D eigenvalue weighted by atomic mass is 35.5. The summed E-state index contributed by atoms with van der Waals surface area (Å²) in [5, 5.41) is -0.196. The minimum absolute atomic E-state index is 0.0420. The third-order valence-electron chi connectivity index (χ3n) is 2.55. The molecule has 0 N–H and O–H groups in total. The standard InChI is InChI=1S/C9H13ClO/c1-4-5-6-7(8(10)11)9(6,2)3/h4-7H,1-3H3/b5-4+/t6-,7-/m0/s1. The molecular formula is C9H13ClO. The van der Waals surface area contributed by atoms with Crippen LogP contribution in [0.2, 0.25) is 0 Å². The topological polar surface area (TPSA) is 17.1 Å². The molecule has 62 valence electrons. The smallest absolute Gasteiger partial charge is 0.225 e. The van der Waals surface area contributed by atoms with Gasteiger partial charge in [0.25, 0.3) is 0 Å². The third kappa shape index (κ3) is 1.34. The van der Waals surface area contributed by atoms with Crippen molar-refractivity contribution in [1.29, 1.82) is 0 Å². The molecule has 0 aliphatic heterocycles. The van der Waals surface area contributed by atoms with E-state index in [4.69, 9.17) is 11.6 Å². The van der Waals surface area contributed by atoms with Gasteiger partial charge in [-0.1, -0.05) is 26.0 Å². The van der Waals surface area contributed by atoms with Gasteiger partial charge in [0, 0.05) is 5.92 Å². The van der Waals surface area contributed by atoms with E-state index in [-0.39, 0.29) is 16.6 Å². The molecule has 0 aromatic carbocycles. The molecule has 2 heteroatoms. The SMILES string of the molecule is C/C=C/[C@H]1[C@@H](C(=O)Cl)C1(C)C. The fourth-order valence-corrected chi connectivity index (χ4v) is 2.09. The molecule has 1 rings (SSSR count). The lowest BCUT2D eigenvalue weighted by Gasteiger charge is -1.95. The molecule has 0 spiro atoms. The van der Waals surface area contributed by atoms with Crippen LogP contribution >= 0.6 is 11.6 Å². The first-order valence-corrected chi connectivity index (χ1v) is 4.21. The summed E-state index contributed by atoms with van der Waals surface area (Å²) in [6, 6.07) is 0. The summed E-state index contributed by atoms with van der Waals surface area (Å²) in [6.07, 6.45) is 4.04. The van der Waals surface area contributed by atoms with Crippen molar-refractivity contribution in [3.63, 3.8) is 0 Å². The number of hydrogen-bond donors (Lipinski definition) is 0. The average molecular weight is 173 g/mol. The molecule has 0 unspecified atom stereocenters. The van der Waals surface area contributed by atoms with Gasteiger partial charge in [0.2, 0.25) is 5.24 Å². The van der Waals surface area contributed by atoms with Gasteiger partial charge >= 0.3 is 0 Å². The van der Waals surface area contributed by atoms with E-state index in [1.54, 1.807) is 0 Å². The lowest BCUT2D eigenvalue weighted by Crippen LogP contribution is -1.96. The molecule has 1 aliphatic carbocycles. The van der Waals surface area contributed by atoms with Gasteiger partial charge in [-0.2, -0.15) is 0 Å². The molecule has 0 aromatic rings. The second-order valence-electron chi connectivity index (χ2n) is 3.65. The number of allylic oxidation sites excluding steroid dienone is 2. The number of rotatable bonds is 2. The average Bonchev–Trinajstić information content (AvgIpc) is 2.35. The van der Waals surface area contributed by atoms with Crippen LogP contribution in [0, 0.1) is 17.3 Å². The lowest BCUT2D eigenvalue weighted by molar-refractivity contribution is -0.113. The van der Waals surface area contributed by atoms with E-state index in [2.05, 4.69) is 19.9 Å². The maximum Gasteiger partial charge on any atom is 0.225 e. The van der Waals surface area contributed by atoms with Crippen LogP contribution in [0.1, 0.15) is 20.8 Å². The van der Waals surface area contributed by atoms with Crippen molar-refractivity contribution in [2.75, 3.05) is 0 Å². The van der Waals surface area contributed by atoms with Gasteiger partial charge in [-0.05, 0) is 29.9 Å². The van der Waals surface area contributed by atoms with Gasteiger partial charge in [-0.3, -0.25) is 4.79 Å². The Bertz CT molecular complexity index is 206. The van der Waals surface area contributed by atoms with Crippen LogP contribution in [0.15, 0.2) is 12.2 Å². The van der Waals surface area contributed by atoms with E-state index in [0.717, 1.165) is 0 Å². The second kappa shape index (κ2) is 2.63. The summed E-state index contributed by atoms with van der Waals surface area (Å²) in [7, 11) is 0. The van der Waals surface area contributed by atoms with Crippen molar-refractivity contribution in [2.45, 2.75) is 20.8 Å². The quantitative estimate of drug-likeness (QED) is 0.462. The predicted octanol–water partition coefficient (Wildman–Crippen LogP) is 2.60. The Morgan fingerprint density at radius 3 is 2.36 bits per heavy atom. The van der Waals surface area contributed by atoms with E-state index in [1.807, 2.05) is 13.0 Å². The molecule has 0 radical (unpaired) electrons. The molecule has 1 saturated carbocycles. The van der Waals surface area contributed by atoms with Gasteiger partial charge in [-0.15, -0.1) is 0 Å². The Kier molecular flexibility index (Phi) is 2.10. The van der Waals surface area contributed by atoms with E-state index >= 15 is 0 Å². The van der Waals surface area contributed by atoms with Crippen molar-refractivity contribution >= 4 is 16.8 Å². The predicted molar refractivity (Wildman–Crippen MR) is 46.4 cm³/mol. The van der Waals surface area contributed by atoms with E-state index in [1.165, 1.54) is 0 Å². The zero-order valence-electron chi connectivity index (χ0n) is 7.10. The molecular weight excluding hydrogens is 160 g/mol. The molecule has 0 bridgehead atoms. The van der Waals surface area contributed by atoms with Crippen molar-refractivity contribution in [1.82, 2.24) is 0 Å². The van der Waals surface area contributed by atoms with Crippen LogP contribution in [0.3, 0.4) is 0 Å². The summed E-state index contributed by atoms with van der Waals surface area (Å²) in [4.78, 5) is 10.8. The lowest BCUT2D eigenvalue weighted by atomic mass is 10.1. The Morgan fingerprint density at radius 2 is 2.09 bits per heavy atom. The van der Waals surface area contributed by atoms with E-state index in [0.29, 0.717) is 5.92 Å². The Hall–Kier alpha value is -0.300. The summed E-state index contributed by atoms with van der Waals surface area (Å²) in [5.41, 5.74) is 0.0886. The van der Waals surface area contributed by atoms with E-state index < -0.39 is 0 Å². The molecule has 0 amide bonds. The first-order valence-electron chi connectivity index (χ1n) is 3.84. The first-order chi connectivity index (χ1) is 5.01. The van der Waals surface area contributed by atoms with Gasteiger partial charge in [0.1, 0.15) is 0 Å². The Labute approximate surface area is 72.4 Å². The van der Waals surface area contributed by atoms with Gasteiger partial charge < -0.3 is 0 Å². The fraction of sp³-hybridized carbons (Fsp3) is 0.667. The van der Waals surface area contributed by atoms with Crippen LogP contribution in [-0.2, 0) is 4.79 Å². The molecule has 1 nitrogen and oxygen atoms in total. The summed E-state index contributed by atoms with van der Waals surface area (Å²) in [6.45, 7) is 6.11. The molecule has 1 fully saturated rings. The van der Waals surface area contributed by atoms with Gasteiger partial charge in [0.05, 0.1) is 0 Å². The summed E-state index contributed by atoms with van der Waals surface area (Å²) < 4.78 is 0. The number of carbonyl (C=O) groups excluding carboxylic acids is 1. The van der Waals surface area contributed by atoms with Crippen LogP contribution in [-0.4, -0.2) is 5.24 Å². The molecule has 0 heterocycles. The molecule has 1 aliphatic rings. The summed E-state index contributed by atoms with van der Waals surface area (Å²) in [5.74, 6) is 0.401. The minimum atomic E-state index is -0.196. The van der Waals surface area contributed by atoms with E-state index in [9.17, 15) is 4.79 Å². The molecule has 2 atom stereocenters. The minimum Gasteiger partial charge on any atom is -0.281 e. The highest BCUT2D eigenvalue weighted by Gasteiger charge is 2.59. The normalized spacial score (nSPS) is 34.2. The second-order valence-corrected chi connectivity index (χ2v) is 4.03. The van der Waals surface area contributed by atoms with Crippen molar-refractivity contribution in [3.05, 3.63) is 12.2 Å². The number of halogens is 1.